The lowest BCUT2D eigenvalue weighted by molar-refractivity contribution is -0.394. The summed E-state index contributed by atoms with van der Waals surface area (Å²) in [7, 11) is 1.46. The van der Waals surface area contributed by atoms with E-state index in [4.69, 9.17) is 9.47 Å². The number of aryl methyl sites for hydroxylation is 1. The maximum Gasteiger partial charge on any atom is 0.318 e. The van der Waals surface area contributed by atoms with E-state index in [0.717, 1.165) is 12.3 Å². The number of benzene rings is 1. The van der Waals surface area contributed by atoms with Gasteiger partial charge in [0.1, 0.15) is 11.6 Å². The number of pyridine rings is 1. The standard InChI is InChI=1S/C18H16N6O8/c1-10-3-12(8-31-2)14(6-19)18(21-10)32-9-16(25)22-20-7-11-4-13(23(27)28)5-15(17(11)26)24(29)30/h3-5,7,26H,8-9H2,1-2H3,(H,22,25)/b20-7+. The van der Waals surface area contributed by atoms with E-state index < -0.39 is 39.5 Å². The number of carbonyl (C=O) groups excluding carboxylic acids is 1. The number of carbonyl (C=O) groups is 1. The summed E-state index contributed by atoms with van der Waals surface area (Å²) in [6.45, 7) is 1.22. The van der Waals surface area contributed by atoms with Crippen molar-refractivity contribution < 1.29 is 29.2 Å². The Balaban J connectivity index is 2.12. The SMILES string of the molecule is COCc1cc(C)nc(OCC(=O)N/N=C/c2cc([N+](=O)[O-])cc([N+](=O)[O-])c2O)c1C#N. The maximum absolute atomic E-state index is 12.0. The molecule has 0 fully saturated rings. The summed E-state index contributed by atoms with van der Waals surface area (Å²) in [4.78, 5) is 36.0. The molecule has 0 saturated carbocycles. The first kappa shape index (κ1) is 23.6. The van der Waals surface area contributed by atoms with Gasteiger partial charge in [0, 0.05) is 24.4 Å². The number of hydrazone groups is 1. The second kappa shape index (κ2) is 10.4. The molecule has 0 radical (unpaired) electrons. The lowest BCUT2D eigenvalue weighted by Crippen LogP contribution is -2.25. The molecule has 0 aliphatic heterocycles. The largest absolute Gasteiger partial charge is 0.502 e. The number of aromatic hydroxyl groups is 1. The van der Waals surface area contributed by atoms with Crippen molar-refractivity contribution in [3.8, 4) is 17.7 Å². The Hall–Kier alpha value is -4.64. The summed E-state index contributed by atoms with van der Waals surface area (Å²) in [6.07, 6.45) is 0.801. The van der Waals surface area contributed by atoms with E-state index in [-0.39, 0.29) is 23.6 Å². The molecule has 0 saturated heterocycles. The first-order chi connectivity index (χ1) is 15.2. The highest BCUT2D eigenvalue weighted by Crippen LogP contribution is 2.33. The average molecular weight is 444 g/mol. The van der Waals surface area contributed by atoms with Crippen LogP contribution in [-0.2, 0) is 16.1 Å². The van der Waals surface area contributed by atoms with Gasteiger partial charge in [0.2, 0.25) is 11.6 Å². The Morgan fingerprint density at radius 1 is 1.34 bits per heavy atom. The van der Waals surface area contributed by atoms with Crippen LogP contribution in [0, 0.1) is 38.5 Å². The number of non-ortho nitro benzene ring substituents is 1. The van der Waals surface area contributed by atoms with Gasteiger partial charge in [-0.3, -0.25) is 25.0 Å². The Morgan fingerprint density at radius 3 is 2.66 bits per heavy atom. The molecule has 0 atom stereocenters. The normalized spacial score (nSPS) is 10.5. The molecule has 2 rings (SSSR count). The van der Waals surface area contributed by atoms with Crippen LogP contribution in [-0.4, -0.2) is 45.8 Å². The van der Waals surface area contributed by atoms with Gasteiger partial charge in [0.15, 0.2) is 6.61 Å². The zero-order valence-electron chi connectivity index (χ0n) is 16.8. The predicted octanol–water partition coefficient (Wildman–Crippen LogP) is 1.46. The minimum atomic E-state index is -0.994. The van der Waals surface area contributed by atoms with Crippen molar-refractivity contribution in [1.82, 2.24) is 10.4 Å². The Labute approximate surface area is 180 Å². The summed E-state index contributed by atoms with van der Waals surface area (Å²) in [5, 5.41) is 44.6. The number of ether oxygens (including phenoxy) is 2. The number of nitro benzene ring substituents is 2. The van der Waals surface area contributed by atoms with Crippen molar-refractivity contribution in [1.29, 1.82) is 5.26 Å². The fourth-order valence-electron chi connectivity index (χ4n) is 2.51. The number of hydrogen-bond acceptors (Lipinski definition) is 11. The molecule has 166 valence electrons. The molecule has 32 heavy (non-hydrogen) atoms. The van der Waals surface area contributed by atoms with Crippen molar-refractivity contribution >= 4 is 23.5 Å². The summed E-state index contributed by atoms with van der Waals surface area (Å²) >= 11 is 0. The van der Waals surface area contributed by atoms with Gasteiger partial charge in [0.05, 0.1) is 34.3 Å². The zero-order chi connectivity index (χ0) is 23.8. The van der Waals surface area contributed by atoms with Gasteiger partial charge in [0.25, 0.3) is 11.6 Å². The third kappa shape index (κ3) is 5.70. The molecular formula is C18H16N6O8. The van der Waals surface area contributed by atoms with E-state index in [2.05, 4.69) is 10.1 Å². The maximum atomic E-state index is 12.0. The summed E-state index contributed by atoms with van der Waals surface area (Å²) in [5.41, 5.74) is 1.30. The fourth-order valence-corrected chi connectivity index (χ4v) is 2.51. The van der Waals surface area contributed by atoms with Crippen LogP contribution in [0.4, 0.5) is 11.4 Å². The minimum absolute atomic E-state index is 0.0781. The first-order valence-corrected chi connectivity index (χ1v) is 8.68. The molecule has 2 aromatic rings. The van der Waals surface area contributed by atoms with Crippen LogP contribution in [0.3, 0.4) is 0 Å². The third-order valence-electron chi connectivity index (χ3n) is 3.85. The number of aromatic nitrogens is 1. The number of methoxy groups -OCH3 is 1. The van der Waals surface area contributed by atoms with Crippen LogP contribution in [0.15, 0.2) is 23.3 Å². The molecule has 14 nitrogen and oxygen atoms in total. The van der Waals surface area contributed by atoms with E-state index >= 15 is 0 Å². The van der Waals surface area contributed by atoms with Crippen molar-refractivity contribution in [3.63, 3.8) is 0 Å². The average Bonchev–Trinajstić information content (AvgIpc) is 2.73. The van der Waals surface area contributed by atoms with E-state index in [1.54, 1.807) is 13.0 Å². The van der Waals surface area contributed by atoms with Crippen LogP contribution in [0.5, 0.6) is 11.6 Å². The van der Waals surface area contributed by atoms with Gasteiger partial charge < -0.3 is 14.6 Å². The molecule has 2 N–H and O–H groups in total. The van der Waals surface area contributed by atoms with Crippen molar-refractivity contribution in [2.24, 2.45) is 5.10 Å². The van der Waals surface area contributed by atoms with E-state index in [0.29, 0.717) is 17.3 Å². The molecule has 1 aromatic carbocycles. The van der Waals surface area contributed by atoms with Gasteiger partial charge in [-0.2, -0.15) is 10.4 Å². The molecule has 1 amide bonds. The quantitative estimate of drug-likeness (QED) is 0.323. The molecule has 0 aliphatic rings. The second-order valence-electron chi connectivity index (χ2n) is 6.15. The highest BCUT2D eigenvalue weighted by atomic mass is 16.6. The Morgan fingerprint density at radius 2 is 2.06 bits per heavy atom. The van der Waals surface area contributed by atoms with Crippen LogP contribution in [0.2, 0.25) is 0 Å². The number of rotatable bonds is 9. The monoisotopic (exact) mass is 444 g/mol. The predicted molar refractivity (Wildman–Crippen MR) is 107 cm³/mol. The Kier molecular flexibility index (Phi) is 7.69. The molecule has 0 bridgehead atoms. The fraction of sp³-hybridized carbons (Fsp3) is 0.222. The van der Waals surface area contributed by atoms with Gasteiger partial charge in [-0.25, -0.2) is 10.4 Å². The number of nitro groups is 2. The Bertz CT molecular complexity index is 1140. The molecule has 14 heteroatoms. The summed E-state index contributed by atoms with van der Waals surface area (Å²) in [6, 6.07) is 5.02. The number of phenolic OH excluding ortho intramolecular Hbond substituents is 1. The number of nitrogens with one attached hydrogen (secondary N) is 1. The molecule has 1 heterocycles. The van der Waals surface area contributed by atoms with Crippen LogP contribution in [0.1, 0.15) is 22.4 Å². The van der Waals surface area contributed by atoms with Crippen molar-refractivity contribution in [2.75, 3.05) is 13.7 Å². The second-order valence-corrected chi connectivity index (χ2v) is 6.15. The third-order valence-corrected chi connectivity index (χ3v) is 3.85. The molecular weight excluding hydrogens is 428 g/mol. The van der Waals surface area contributed by atoms with Crippen molar-refractivity contribution in [2.45, 2.75) is 13.5 Å². The van der Waals surface area contributed by atoms with E-state index in [1.807, 2.05) is 11.5 Å². The number of nitrogens with zero attached hydrogens (tertiary/aromatic N) is 5. The summed E-state index contributed by atoms with van der Waals surface area (Å²) in [5.74, 6) is -1.73. The molecule has 1 aromatic heterocycles. The van der Waals surface area contributed by atoms with Crippen LogP contribution < -0.4 is 10.2 Å². The number of hydrogen-bond donors (Lipinski definition) is 2. The highest BCUT2D eigenvalue weighted by Gasteiger charge is 2.23. The first-order valence-electron chi connectivity index (χ1n) is 8.68. The van der Waals surface area contributed by atoms with Gasteiger partial charge in [-0.05, 0) is 13.0 Å². The minimum Gasteiger partial charge on any atom is -0.502 e. The van der Waals surface area contributed by atoms with E-state index in [9.17, 15) is 35.4 Å². The lowest BCUT2D eigenvalue weighted by atomic mass is 10.1. The number of amides is 1. The van der Waals surface area contributed by atoms with Crippen LogP contribution in [0.25, 0.3) is 0 Å². The molecule has 0 spiro atoms. The van der Waals surface area contributed by atoms with E-state index in [1.165, 1.54) is 7.11 Å². The lowest BCUT2D eigenvalue weighted by Gasteiger charge is -2.10. The number of phenols is 1. The number of nitriles is 1. The molecule has 0 aliphatic carbocycles. The zero-order valence-corrected chi connectivity index (χ0v) is 16.8. The van der Waals surface area contributed by atoms with Gasteiger partial charge in [-0.1, -0.05) is 0 Å². The highest BCUT2D eigenvalue weighted by molar-refractivity contribution is 5.88. The van der Waals surface area contributed by atoms with Crippen molar-refractivity contribution in [3.05, 3.63) is 60.8 Å². The van der Waals surface area contributed by atoms with Gasteiger partial charge in [-0.15, -0.1) is 0 Å². The topological polar surface area (TPSA) is 203 Å². The van der Waals surface area contributed by atoms with Crippen LogP contribution >= 0.6 is 0 Å². The molecule has 0 unspecified atom stereocenters. The van der Waals surface area contributed by atoms with Gasteiger partial charge >= 0.3 is 5.69 Å². The summed E-state index contributed by atoms with van der Waals surface area (Å²) < 4.78 is 10.3. The smallest absolute Gasteiger partial charge is 0.318 e.